The van der Waals surface area contributed by atoms with E-state index in [-0.39, 0.29) is 17.8 Å². The molecule has 1 heterocycles. The van der Waals surface area contributed by atoms with Crippen molar-refractivity contribution in [1.29, 1.82) is 0 Å². The minimum atomic E-state index is -0.279. The van der Waals surface area contributed by atoms with Crippen molar-refractivity contribution < 1.29 is 9.18 Å². The highest BCUT2D eigenvalue weighted by molar-refractivity contribution is 5.94. The Balaban J connectivity index is 1.70. The highest BCUT2D eigenvalue weighted by Crippen LogP contribution is 2.19. The number of nitrogens with zero attached hydrogens (tertiary/aromatic N) is 5. The molecular weight excluding hydrogens is 347 g/mol. The fraction of sp³-hybridized carbons (Fsp3) is 0.263. The summed E-state index contributed by atoms with van der Waals surface area (Å²) in [6.45, 7) is 2.31. The minimum Gasteiger partial charge on any atom is -0.350 e. The van der Waals surface area contributed by atoms with Gasteiger partial charge in [0.1, 0.15) is 12.1 Å². The predicted molar refractivity (Wildman–Crippen MR) is 99.1 cm³/mol. The number of aryl methyl sites for hydroxylation is 1. The third-order valence-corrected chi connectivity index (χ3v) is 4.39. The number of aromatic nitrogens is 4. The van der Waals surface area contributed by atoms with Gasteiger partial charge in [-0.2, -0.15) is 0 Å². The standard InChI is InChI=1S/C19H21FN6O/c1-13-10-15(6-9-17(13)26-12-22-23-24-26)19(27)21-11-18(25(2)3)14-4-7-16(20)8-5-14/h4-10,12,18H,11H2,1-3H3,(H,21,27). The Bertz CT molecular complexity index is 908. The molecule has 1 unspecified atom stereocenters. The fourth-order valence-electron chi connectivity index (χ4n) is 2.90. The molecule has 0 saturated heterocycles. The van der Waals surface area contributed by atoms with Crippen molar-refractivity contribution in [1.82, 2.24) is 30.4 Å². The van der Waals surface area contributed by atoms with Crippen LogP contribution in [-0.4, -0.2) is 51.7 Å². The SMILES string of the molecule is Cc1cc(C(=O)NCC(c2ccc(F)cc2)N(C)C)ccc1-n1cnnn1. The largest absolute Gasteiger partial charge is 0.350 e. The lowest BCUT2D eigenvalue weighted by atomic mass is 10.1. The Hall–Kier alpha value is -3.13. The summed E-state index contributed by atoms with van der Waals surface area (Å²) < 4.78 is 14.7. The van der Waals surface area contributed by atoms with E-state index in [2.05, 4.69) is 20.8 Å². The van der Waals surface area contributed by atoms with E-state index in [1.807, 2.05) is 32.0 Å². The normalized spacial score (nSPS) is 12.2. The number of amides is 1. The number of carbonyl (C=O) groups is 1. The summed E-state index contributed by atoms with van der Waals surface area (Å²) in [4.78, 5) is 14.6. The number of benzene rings is 2. The van der Waals surface area contributed by atoms with Crippen LogP contribution in [0.25, 0.3) is 5.69 Å². The van der Waals surface area contributed by atoms with E-state index in [4.69, 9.17) is 0 Å². The number of hydrogen-bond acceptors (Lipinski definition) is 5. The summed E-state index contributed by atoms with van der Waals surface area (Å²) in [5.74, 6) is -0.450. The predicted octanol–water partition coefficient (Wildman–Crippen LogP) is 2.14. The van der Waals surface area contributed by atoms with Gasteiger partial charge in [-0.25, -0.2) is 9.07 Å². The Morgan fingerprint density at radius 3 is 2.56 bits per heavy atom. The van der Waals surface area contributed by atoms with Crippen molar-refractivity contribution in [3.63, 3.8) is 0 Å². The summed E-state index contributed by atoms with van der Waals surface area (Å²) in [7, 11) is 3.84. The average Bonchev–Trinajstić information content (AvgIpc) is 3.17. The van der Waals surface area contributed by atoms with Crippen LogP contribution in [-0.2, 0) is 0 Å². The molecule has 0 aliphatic rings. The third kappa shape index (κ3) is 4.35. The molecule has 8 heteroatoms. The first-order valence-corrected chi connectivity index (χ1v) is 8.50. The molecule has 0 saturated carbocycles. The molecule has 27 heavy (non-hydrogen) atoms. The lowest BCUT2D eigenvalue weighted by Crippen LogP contribution is -2.34. The second-order valence-corrected chi connectivity index (χ2v) is 6.50. The highest BCUT2D eigenvalue weighted by atomic mass is 19.1. The number of hydrogen-bond donors (Lipinski definition) is 1. The van der Waals surface area contributed by atoms with Crippen LogP contribution in [0.1, 0.15) is 27.5 Å². The fourth-order valence-corrected chi connectivity index (χ4v) is 2.90. The van der Waals surface area contributed by atoms with Gasteiger partial charge >= 0.3 is 0 Å². The van der Waals surface area contributed by atoms with Crippen LogP contribution in [0.5, 0.6) is 0 Å². The minimum absolute atomic E-state index is 0.0591. The van der Waals surface area contributed by atoms with Gasteiger partial charge in [0.2, 0.25) is 0 Å². The molecule has 7 nitrogen and oxygen atoms in total. The van der Waals surface area contributed by atoms with Crippen LogP contribution >= 0.6 is 0 Å². The molecular formula is C19H21FN6O. The molecule has 0 radical (unpaired) electrons. The Morgan fingerprint density at radius 2 is 1.96 bits per heavy atom. The van der Waals surface area contributed by atoms with Crippen molar-refractivity contribution in [3.8, 4) is 5.69 Å². The summed E-state index contributed by atoms with van der Waals surface area (Å²) in [6, 6.07) is 11.6. The van der Waals surface area contributed by atoms with E-state index in [1.54, 1.807) is 28.9 Å². The molecule has 0 fully saturated rings. The highest BCUT2D eigenvalue weighted by Gasteiger charge is 2.16. The first-order chi connectivity index (χ1) is 13.0. The molecule has 0 bridgehead atoms. The number of nitrogens with one attached hydrogen (secondary N) is 1. The summed E-state index contributed by atoms with van der Waals surface area (Å²) in [5.41, 5.74) is 3.19. The summed E-state index contributed by atoms with van der Waals surface area (Å²) in [5, 5.41) is 14.1. The van der Waals surface area contributed by atoms with Crippen molar-refractivity contribution in [2.24, 2.45) is 0 Å². The molecule has 1 atom stereocenters. The van der Waals surface area contributed by atoms with Gasteiger partial charge in [0.05, 0.1) is 11.7 Å². The van der Waals surface area contributed by atoms with Crippen molar-refractivity contribution in [2.45, 2.75) is 13.0 Å². The Kier molecular flexibility index (Phi) is 5.56. The molecule has 1 N–H and O–H groups in total. The number of carbonyl (C=O) groups excluding carboxylic acids is 1. The Morgan fingerprint density at radius 1 is 1.22 bits per heavy atom. The van der Waals surface area contributed by atoms with Gasteiger partial charge in [-0.3, -0.25) is 4.79 Å². The molecule has 0 spiro atoms. The quantitative estimate of drug-likeness (QED) is 0.721. The zero-order valence-electron chi connectivity index (χ0n) is 15.4. The van der Waals surface area contributed by atoms with Gasteiger partial charge in [-0.15, -0.1) is 5.10 Å². The van der Waals surface area contributed by atoms with Gasteiger partial charge in [0, 0.05) is 12.1 Å². The van der Waals surface area contributed by atoms with E-state index in [0.717, 1.165) is 16.8 Å². The second-order valence-electron chi connectivity index (χ2n) is 6.50. The monoisotopic (exact) mass is 368 g/mol. The molecule has 1 amide bonds. The van der Waals surface area contributed by atoms with E-state index in [9.17, 15) is 9.18 Å². The van der Waals surface area contributed by atoms with Crippen LogP contribution in [0, 0.1) is 12.7 Å². The first kappa shape index (κ1) is 18.7. The molecule has 3 rings (SSSR count). The lowest BCUT2D eigenvalue weighted by Gasteiger charge is -2.25. The van der Waals surface area contributed by atoms with Gasteiger partial charge in [0.15, 0.2) is 0 Å². The van der Waals surface area contributed by atoms with Crippen LogP contribution in [0.15, 0.2) is 48.8 Å². The third-order valence-electron chi connectivity index (χ3n) is 4.39. The molecule has 140 valence electrons. The smallest absolute Gasteiger partial charge is 0.251 e. The Labute approximate surface area is 156 Å². The van der Waals surface area contributed by atoms with Crippen molar-refractivity contribution >= 4 is 5.91 Å². The molecule has 0 aliphatic heterocycles. The number of likely N-dealkylation sites (N-methyl/N-ethyl adjacent to an activating group) is 1. The van der Waals surface area contributed by atoms with Crippen LogP contribution in [0.3, 0.4) is 0 Å². The van der Waals surface area contributed by atoms with E-state index >= 15 is 0 Å². The average molecular weight is 368 g/mol. The number of tetrazole rings is 1. The summed E-state index contributed by atoms with van der Waals surface area (Å²) >= 11 is 0. The molecule has 0 aliphatic carbocycles. The topological polar surface area (TPSA) is 75.9 Å². The van der Waals surface area contributed by atoms with Crippen LogP contribution < -0.4 is 5.32 Å². The maximum Gasteiger partial charge on any atom is 0.251 e. The van der Waals surface area contributed by atoms with Gasteiger partial charge in [0.25, 0.3) is 5.91 Å². The van der Waals surface area contributed by atoms with E-state index in [1.165, 1.54) is 18.5 Å². The van der Waals surface area contributed by atoms with Crippen LogP contribution in [0.2, 0.25) is 0 Å². The zero-order chi connectivity index (χ0) is 19.4. The van der Waals surface area contributed by atoms with Gasteiger partial charge in [-0.05, 0) is 72.9 Å². The van der Waals surface area contributed by atoms with Crippen molar-refractivity contribution in [3.05, 3.63) is 71.3 Å². The molecule has 1 aromatic heterocycles. The lowest BCUT2D eigenvalue weighted by molar-refractivity contribution is 0.0942. The summed E-state index contributed by atoms with van der Waals surface area (Å²) in [6.07, 6.45) is 1.51. The van der Waals surface area contributed by atoms with E-state index in [0.29, 0.717) is 12.1 Å². The van der Waals surface area contributed by atoms with E-state index < -0.39 is 0 Å². The van der Waals surface area contributed by atoms with Gasteiger partial charge < -0.3 is 10.2 Å². The number of halogens is 1. The maximum absolute atomic E-state index is 13.2. The maximum atomic E-state index is 13.2. The second kappa shape index (κ2) is 8.05. The van der Waals surface area contributed by atoms with Gasteiger partial charge in [-0.1, -0.05) is 12.1 Å². The molecule has 3 aromatic rings. The zero-order valence-corrected chi connectivity index (χ0v) is 15.4. The molecule has 2 aromatic carbocycles. The van der Waals surface area contributed by atoms with Crippen molar-refractivity contribution in [2.75, 3.05) is 20.6 Å². The first-order valence-electron chi connectivity index (χ1n) is 8.50. The number of rotatable bonds is 6. The van der Waals surface area contributed by atoms with Crippen LogP contribution in [0.4, 0.5) is 4.39 Å².